The molecule has 2 heteroatoms. The zero-order valence-corrected chi connectivity index (χ0v) is 10.5. The zero-order valence-electron chi connectivity index (χ0n) is 10.5. The van der Waals surface area contributed by atoms with E-state index in [0.717, 1.165) is 5.75 Å². The predicted octanol–water partition coefficient (Wildman–Crippen LogP) is 3.48. The topological polar surface area (TPSA) is 26.3 Å². The van der Waals surface area contributed by atoms with Gasteiger partial charge in [-0.05, 0) is 43.0 Å². The summed E-state index contributed by atoms with van der Waals surface area (Å²) in [4.78, 5) is 10.8. The van der Waals surface area contributed by atoms with Crippen molar-refractivity contribution >= 4 is 5.78 Å². The monoisotopic (exact) mass is 220 g/mol. The summed E-state index contributed by atoms with van der Waals surface area (Å²) in [5, 5.41) is 0. The van der Waals surface area contributed by atoms with E-state index in [-0.39, 0.29) is 5.78 Å². The Morgan fingerprint density at radius 1 is 1.38 bits per heavy atom. The van der Waals surface area contributed by atoms with Gasteiger partial charge in [0.15, 0.2) is 0 Å². The van der Waals surface area contributed by atoms with Gasteiger partial charge in [-0.1, -0.05) is 19.9 Å². The molecule has 0 saturated heterocycles. The molecule has 0 saturated carbocycles. The van der Waals surface area contributed by atoms with Crippen LogP contribution in [-0.2, 0) is 4.79 Å². The number of carbonyl (C=O) groups excluding carboxylic acids is 1. The Balaban J connectivity index is 2.63. The second-order valence-corrected chi connectivity index (χ2v) is 4.47. The van der Waals surface area contributed by atoms with Crippen LogP contribution >= 0.6 is 0 Å². The maximum Gasteiger partial charge on any atom is 0.133 e. The second kappa shape index (κ2) is 5.69. The van der Waals surface area contributed by atoms with Crippen molar-refractivity contribution in [3.05, 3.63) is 29.3 Å². The van der Waals surface area contributed by atoms with Crippen molar-refractivity contribution in [3.8, 4) is 5.75 Å². The summed E-state index contributed by atoms with van der Waals surface area (Å²) in [7, 11) is 0. The number of carbonyl (C=O) groups is 1. The standard InChI is InChI=1S/C14H20O2/c1-10(2)14-6-5-13(9-11(14)3)16-8-7-12(4)15/h5-6,9-10H,7-8H2,1-4H3. The lowest BCUT2D eigenvalue weighted by Crippen LogP contribution is -2.03. The second-order valence-electron chi connectivity index (χ2n) is 4.47. The van der Waals surface area contributed by atoms with E-state index in [4.69, 9.17) is 4.74 Å². The fourth-order valence-corrected chi connectivity index (χ4v) is 1.70. The van der Waals surface area contributed by atoms with Crippen LogP contribution in [0.3, 0.4) is 0 Å². The number of ether oxygens (including phenoxy) is 1. The number of hydrogen-bond acceptors (Lipinski definition) is 2. The molecule has 0 atom stereocenters. The Morgan fingerprint density at radius 3 is 2.56 bits per heavy atom. The molecule has 0 aliphatic rings. The third-order valence-electron chi connectivity index (χ3n) is 2.59. The molecule has 0 N–H and O–H groups in total. The van der Waals surface area contributed by atoms with Gasteiger partial charge in [-0.2, -0.15) is 0 Å². The first kappa shape index (κ1) is 12.8. The van der Waals surface area contributed by atoms with Gasteiger partial charge in [-0.15, -0.1) is 0 Å². The van der Waals surface area contributed by atoms with Gasteiger partial charge in [0.25, 0.3) is 0 Å². The molecule has 1 rings (SSSR count). The highest BCUT2D eigenvalue weighted by Gasteiger charge is 2.04. The van der Waals surface area contributed by atoms with E-state index in [9.17, 15) is 4.79 Å². The quantitative estimate of drug-likeness (QED) is 0.759. The van der Waals surface area contributed by atoms with Crippen molar-refractivity contribution in [1.82, 2.24) is 0 Å². The van der Waals surface area contributed by atoms with Gasteiger partial charge in [0, 0.05) is 6.42 Å². The molecule has 0 amide bonds. The minimum absolute atomic E-state index is 0.163. The summed E-state index contributed by atoms with van der Waals surface area (Å²) in [5.41, 5.74) is 2.59. The summed E-state index contributed by atoms with van der Waals surface area (Å²) in [6, 6.07) is 6.11. The van der Waals surface area contributed by atoms with Gasteiger partial charge >= 0.3 is 0 Å². The van der Waals surface area contributed by atoms with E-state index in [0.29, 0.717) is 18.9 Å². The van der Waals surface area contributed by atoms with Crippen LogP contribution in [0.25, 0.3) is 0 Å². The SMILES string of the molecule is CC(=O)CCOc1ccc(C(C)C)c(C)c1. The smallest absolute Gasteiger partial charge is 0.133 e. The van der Waals surface area contributed by atoms with E-state index in [2.05, 4.69) is 26.8 Å². The largest absolute Gasteiger partial charge is 0.493 e. The number of rotatable bonds is 5. The zero-order chi connectivity index (χ0) is 12.1. The molecule has 1 aromatic carbocycles. The molecule has 0 radical (unpaired) electrons. The van der Waals surface area contributed by atoms with Gasteiger partial charge in [0.2, 0.25) is 0 Å². The van der Waals surface area contributed by atoms with Crippen molar-refractivity contribution in [2.45, 2.75) is 40.0 Å². The third kappa shape index (κ3) is 3.69. The van der Waals surface area contributed by atoms with Gasteiger partial charge in [-0.3, -0.25) is 4.79 Å². The Kier molecular flexibility index (Phi) is 4.53. The molecule has 88 valence electrons. The first-order valence-electron chi connectivity index (χ1n) is 5.73. The Bertz CT molecular complexity index is 367. The highest BCUT2D eigenvalue weighted by atomic mass is 16.5. The molecule has 0 unspecified atom stereocenters. The minimum atomic E-state index is 0.163. The molecule has 2 nitrogen and oxygen atoms in total. The maximum atomic E-state index is 10.8. The van der Waals surface area contributed by atoms with Crippen LogP contribution in [0.15, 0.2) is 18.2 Å². The first-order chi connectivity index (χ1) is 7.50. The maximum absolute atomic E-state index is 10.8. The van der Waals surface area contributed by atoms with E-state index in [1.54, 1.807) is 6.92 Å². The third-order valence-corrected chi connectivity index (χ3v) is 2.59. The van der Waals surface area contributed by atoms with Gasteiger partial charge in [-0.25, -0.2) is 0 Å². The lowest BCUT2D eigenvalue weighted by Gasteiger charge is -2.12. The van der Waals surface area contributed by atoms with Gasteiger partial charge in [0.1, 0.15) is 11.5 Å². The molecule has 0 aliphatic carbocycles. The average Bonchev–Trinajstić information content (AvgIpc) is 2.16. The molecule has 16 heavy (non-hydrogen) atoms. The minimum Gasteiger partial charge on any atom is -0.493 e. The number of Topliss-reactive ketones (excluding diaryl/α,β-unsaturated/α-hetero) is 1. The lowest BCUT2D eigenvalue weighted by atomic mass is 9.98. The van der Waals surface area contributed by atoms with Crippen LogP contribution in [-0.4, -0.2) is 12.4 Å². The lowest BCUT2D eigenvalue weighted by molar-refractivity contribution is -0.117. The van der Waals surface area contributed by atoms with Crippen LogP contribution in [0.5, 0.6) is 5.75 Å². The summed E-state index contributed by atoms with van der Waals surface area (Å²) >= 11 is 0. The van der Waals surface area contributed by atoms with Crippen molar-refractivity contribution in [2.75, 3.05) is 6.61 Å². The van der Waals surface area contributed by atoms with Crippen LogP contribution in [0.1, 0.15) is 44.2 Å². The Morgan fingerprint density at radius 2 is 2.06 bits per heavy atom. The van der Waals surface area contributed by atoms with Crippen molar-refractivity contribution < 1.29 is 9.53 Å². The normalized spacial score (nSPS) is 10.6. The van der Waals surface area contributed by atoms with Crippen LogP contribution in [0.2, 0.25) is 0 Å². The summed E-state index contributed by atoms with van der Waals surface area (Å²) in [6.45, 7) is 8.50. The molecule has 1 aromatic rings. The molecular weight excluding hydrogens is 200 g/mol. The molecule has 0 aliphatic heterocycles. The molecule has 0 fully saturated rings. The summed E-state index contributed by atoms with van der Waals surface area (Å²) in [6.07, 6.45) is 0.477. The van der Waals surface area contributed by atoms with Crippen LogP contribution in [0, 0.1) is 6.92 Å². The van der Waals surface area contributed by atoms with Crippen molar-refractivity contribution in [1.29, 1.82) is 0 Å². The molecular formula is C14H20O2. The number of hydrogen-bond donors (Lipinski definition) is 0. The Hall–Kier alpha value is -1.31. The molecule has 0 spiro atoms. The molecule has 0 heterocycles. The molecule has 0 aromatic heterocycles. The highest BCUT2D eigenvalue weighted by molar-refractivity contribution is 5.75. The fraction of sp³-hybridized carbons (Fsp3) is 0.500. The Labute approximate surface area is 97.6 Å². The number of ketones is 1. The van der Waals surface area contributed by atoms with Crippen LogP contribution in [0.4, 0.5) is 0 Å². The molecule has 0 bridgehead atoms. The first-order valence-corrected chi connectivity index (χ1v) is 5.73. The number of aryl methyl sites for hydroxylation is 1. The van der Waals surface area contributed by atoms with E-state index < -0.39 is 0 Å². The van der Waals surface area contributed by atoms with Crippen LogP contribution < -0.4 is 4.74 Å². The van der Waals surface area contributed by atoms with E-state index >= 15 is 0 Å². The van der Waals surface area contributed by atoms with Gasteiger partial charge in [0.05, 0.1) is 6.61 Å². The summed E-state index contributed by atoms with van der Waals surface area (Å²) in [5.74, 6) is 1.55. The van der Waals surface area contributed by atoms with Gasteiger partial charge < -0.3 is 4.74 Å². The average molecular weight is 220 g/mol. The number of benzene rings is 1. The van der Waals surface area contributed by atoms with E-state index in [1.807, 2.05) is 12.1 Å². The predicted molar refractivity (Wildman–Crippen MR) is 66.1 cm³/mol. The highest BCUT2D eigenvalue weighted by Crippen LogP contribution is 2.23. The summed E-state index contributed by atoms with van der Waals surface area (Å²) < 4.78 is 5.51. The fourth-order valence-electron chi connectivity index (χ4n) is 1.70. The van der Waals surface area contributed by atoms with Crippen molar-refractivity contribution in [2.24, 2.45) is 0 Å². The van der Waals surface area contributed by atoms with Crippen molar-refractivity contribution in [3.63, 3.8) is 0 Å². The van der Waals surface area contributed by atoms with E-state index in [1.165, 1.54) is 11.1 Å².